The van der Waals surface area contributed by atoms with E-state index in [1.807, 2.05) is 4.90 Å². The quantitative estimate of drug-likeness (QED) is 0.807. The van der Waals surface area contributed by atoms with E-state index >= 15 is 0 Å². The number of hydrogen-bond acceptors (Lipinski definition) is 3. The highest BCUT2D eigenvalue weighted by atomic mass is 32.2. The molecular formula is C15H24N2O3S. The zero-order valence-corrected chi connectivity index (χ0v) is 13.2. The van der Waals surface area contributed by atoms with Crippen LogP contribution in [0.2, 0.25) is 0 Å². The maximum Gasteiger partial charge on any atom is 0.327 e. The van der Waals surface area contributed by atoms with E-state index in [4.69, 9.17) is 0 Å². The van der Waals surface area contributed by atoms with Crippen LogP contribution in [0.25, 0.3) is 0 Å². The summed E-state index contributed by atoms with van der Waals surface area (Å²) in [6, 6.07) is -0.714. The topological polar surface area (TPSA) is 60.9 Å². The van der Waals surface area contributed by atoms with Gasteiger partial charge in [-0.3, -0.25) is 0 Å². The number of thioether (sulfide) groups is 1. The van der Waals surface area contributed by atoms with Crippen LogP contribution in [0, 0.1) is 5.41 Å². The van der Waals surface area contributed by atoms with E-state index in [1.165, 1.54) is 25.7 Å². The molecule has 3 aliphatic rings. The Morgan fingerprint density at radius 2 is 1.71 bits per heavy atom. The second-order valence-corrected chi connectivity index (χ2v) is 7.75. The molecule has 2 heterocycles. The third-order valence-electron chi connectivity index (χ3n) is 5.42. The lowest BCUT2D eigenvalue weighted by atomic mass is 9.77. The lowest BCUT2D eigenvalue weighted by Gasteiger charge is -2.43. The summed E-state index contributed by atoms with van der Waals surface area (Å²) in [5.41, 5.74) is 0.487. The van der Waals surface area contributed by atoms with Gasteiger partial charge >= 0.3 is 12.0 Å². The smallest absolute Gasteiger partial charge is 0.327 e. The molecule has 21 heavy (non-hydrogen) atoms. The first kappa shape index (κ1) is 15.0. The summed E-state index contributed by atoms with van der Waals surface area (Å²) in [4.78, 5) is 27.4. The van der Waals surface area contributed by atoms with E-state index in [1.54, 1.807) is 16.7 Å². The van der Waals surface area contributed by atoms with Crippen molar-refractivity contribution in [3.8, 4) is 0 Å². The average molecular weight is 312 g/mol. The molecule has 3 fully saturated rings. The Balaban J connectivity index is 1.61. The molecule has 3 rings (SSSR count). The van der Waals surface area contributed by atoms with Crippen LogP contribution in [-0.4, -0.2) is 64.1 Å². The van der Waals surface area contributed by atoms with Crippen LogP contribution in [0.4, 0.5) is 4.79 Å². The molecule has 0 radical (unpaired) electrons. The number of piperidine rings is 1. The molecule has 2 saturated heterocycles. The third kappa shape index (κ3) is 3.00. The number of nitrogens with zero attached hydrogens (tertiary/aromatic N) is 2. The molecule has 0 aromatic rings. The predicted octanol–water partition coefficient (Wildman–Crippen LogP) is 2.26. The Morgan fingerprint density at radius 3 is 2.33 bits per heavy atom. The van der Waals surface area contributed by atoms with E-state index in [0.717, 1.165) is 31.7 Å². The summed E-state index contributed by atoms with van der Waals surface area (Å²) < 4.78 is 0. The Labute approximate surface area is 130 Å². The van der Waals surface area contributed by atoms with Gasteiger partial charge in [-0.05, 0) is 31.1 Å². The fourth-order valence-corrected chi connectivity index (χ4v) is 5.05. The summed E-state index contributed by atoms with van der Waals surface area (Å²) in [7, 11) is 0. The van der Waals surface area contributed by atoms with E-state index in [9.17, 15) is 14.7 Å². The summed E-state index contributed by atoms with van der Waals surface area (Å²) in [6.07, 6.45) is 7.48. The molecule has 1 aliphatic carbocycles. The standard InChI is InChI=1S/C15H24N2O3S/c18-13(19)12-11-21-10-9-17(12)14(20)16-7-5-15(6-8-16)3-1-2-4-15/h12H,1-11H2,(H,18,19). The highest BCUT2D eigenvalue weighted by molar-refractivity contribution is 7.99. The molecule has 1 atom stereocenters. The normalized spacial score (nSPS) is 28.9. The van der Waals surface area contributed by atoms with Crippen LogP contribution in [-0.2, 0) is 4.79 Å². The number of likely N-dealkylation sites (tertiary alicyclic amines) is 1. The summed E-state index contributed by atoms with van der Waals surface area (Å²) in [5, 5.41) is 9.30. The van der Waals surface area contributed by atoms with E-state index < -0.39 is 12.0 Å². The van der Waals surface area contributed by atoms with Crippen molar-refractivity contribution < 1.29 is 14.7 Å². The molecule has 1 N–H and O–H groups in total. The van der Waals surface area contributed by atoms with Gasteiger partial charge in [0.15, 0.2) is 0 Å². The zero-order valence-electron chi connectivity index (χ0n) is 12.4. The van der Waals surface area contributed by atoms with Crippen molar-refractivity contribution in [2.45, 2.75) is 44.6 Å². The van der Waals surface area contributed by atoms with Crippen LogP contribution in [0.3, 0.4) is 0 Å². The van der Waals surface area contributed by atoms with Gasteiger partial charge in [-0.15, -0.1) is 0 Å². The number of carbonyl (C=O) groups excluding carboxylic acids is 1. The van der Waals surface area contributed by atoms with E-state index in [-0.39, 0.29) is 6.03 Å². The number of carbonyl (C=O) groups is 2. The van der Waals surface area contributed by atoms with Gasteiger partial charge in [-0.2, -0.15) is 11.8 Å². The number of rotatable bonds is 1. The SMILES string of the molecule is O=C(O)C1CSCCN1C(=O)N1CCC2(CCCC2)CC1. The van der Waals surface area contributed by atoms with Gasteiger partial charge in [0.2, 0.25) is 0 Å². The fraction of sp³-hybridized carbons (Fsp3) is 0.867. The highest BCUT2D eigenvalue weighted by Gasteiger charge is 2.40. The third-order valence-corrected chi connectivity index (χ3v) is 6.44. The van der Waals surface area contributed by atoms with Crippen molar-refractivity contribution in [2.75, 3.05) is 31.1 Å². The number of hydrogen-bond donors (Lipinski definition) is 1. The van der Waals surface area contributed by atoms with Crippen LogP contribution in [0.1, 0.15) is 38.5 Å². The molecule has 118 valence electrons. The van der Waals surface area contributed by atoms with Gasteiger partial charge in [0.25, 0.3) is 0 Å². The lowest BCUT2D eigenvalue weighted by Crippen LogP contribution is -2.56. The molecule has 0 aromatic carbocycles. The average Bonchev–Trinajstić information content (AvgIpc) is 2.95. The number of urea groups is 1. The first-order valence-electron chi connectivity index (χ1n) is 7.97. The summed E-state index contributed by atoms with van der Waals surface area (Å²) in [5.74, 6) is 0.478. The molecule has 1 unspecified atom stereocenters. The molecule has 1 spiro atoms. The van der Waals surface area contributed by atoms with Crippen molar-refractivity contribution in [2.24, 2.45) is 5.41 Å². The first-order chi connectivity index (χ1) is 10.1. The Kier molecular flexibility index (Phi) is 4.33. The van der Waals surface area contributed by atoms with Gasteiger partial charge in [0.05, 0.1) is 0 Å². The number of carboxylic acid groups (broad SMARTS) is 1. The molecule has 5 nitrogen and oxygen atoms in total. The minimum absolute atomic E-state index is 0.0597. The molecular weight excluding hydrogens is 288 g/mol. The molecule has 6 heteroatoms. The van der Waals surface area contributed by atoms with Crippen molar-refractivity contribution in [3.63, 3.8) is 0 Å². The van der Waals surface area contributed by atoms with Gasteiger partial charge in [0, 0.05) is 31.1 Å². The van der Waals surface area contributed by atoms with Crippen molar-refractivity contribution in [1.82, 2.24) is 9.80 Å². The minimum atomic E-state index is -0.875. The van der Waals surface area contributed by atoms with Gasteiger partial charge in [-0.1, -0.05) is 12.8 Å². The fourth-order valence-electron chi connectivity index (χ4n) is 4.02. The summed E-state index contributed by atoms with van der Waals surface area (Å²) in [6.45, 7) is 2.16. The first-order valence-corrected chi connectivity index (χ1v) is 9.13. The second kappa shape index (κ2) is 6.07. The van der Waals surface area contributed by atoms with Crippen LogP contribution < -0.4 is 0 Å². The minimum Gasteiger partial charge on any atom is -0.480 e. The Bertz CT molecular complexity index is 413. The Hall–Kier alpha value is -0.910. The maximum absolute atomic E-state index is 12.7. The molecule has 0 bridgehead atoms. The monoisotopic (exact) mass is 312 g/mol. The molecule has 2 aliphatic heterocycles. The van der Waals surface area contributed by atoms with Crippen molar-refractivity contribution >= 4 is 23.8 Å². The summed E-state index contributed by atoms with van der Waals surface area (Å²) >= 11 is 1.62. The van der Waals surface area contributed by atoms with Crippen LogP contribution in [0.15, 0.2) is 0 Å². The molecule has 2 amide bonds. The predicted molar refractivity (Wildman–Crippen MR) is 82.6 cm³/mol. The highest BCUT2D eigenvalue weighted by Crippen LogP contribution is 2.46. The number of aliphatic carboxylic acids is 1. The van der Waals surface area contributed by atoms with Crippen molar-refractivity contribution in [1.29, 1.82) is 0 Å². The molecule has 1 saturated carbocycles. The largest absolute Gasteiger partial charge is 0.480 e. The van der Waals surface area contributed by atoms with E-state index in [2.05, 4.69) is 0 Å². The van der Waals surface area contributed by atoms with Crippen LogP contribution in [0.5, 0.6) is 0 Å². The second-order valence-electron chi connectivity index (χ2n) is 6.60. The lowest BCUT2D eigenvalue weighted by molar-refractivity contribution is -0.141. The number of carboxylic acids is 1. The maximum atomic E-state index is 12.7. The van der Waals surface area contributed by atoms with Gasteiger partial charge in [0.1, 0.15) is 6.04 Å². The van der Waals surface area contributed by atoms with E-state index in [0.29, 0.717) is 17.7 Å². The van der Waals surface area contributed by atoms with Crippen molar-refractivity contribution in [3.05, 3.63) is 0 Å². The zero-order chi connectivity index (χ0) is 14.9. The molecule has 0 aromatic heterocycles. The number of amides is 2. The van der Waals surface area contributed by atoms with Gasteiger partial charge < -0.3 is 14.9 Å². The Morgan fingerprint density at radius 1 is 1.05 bits per heavy atom. The van der Waals surface area contributed by atoms with Gasteiger partial charge in [-0.25, -0.2) is 9.59 Å². The van der Waals surface area contributed by atoms with Crippen LogP contribution >= 0.6 is 11.8 Å².